The highest BCUT2D eigenvalue weighted by atomic mass is 32.2. The van der Waals surface area contributed by atoms with Crippen LogP contribution >= 0.6 is 11.8 Å². The molecule has 0 radical (unpaired) electrons. The van der Waals surface area contributed by atoms with Crippen LogP contribution < -0.4 is 5.32 Å². The van der Waals surface area contributed by atoms with Gasteiger partial charge in [-0.2, -0.15) is 11.8 Å². The third kappa shape index (κ3) is 5.39. The molecule has 0 aromatic rings. The first-order chi connectivity index (χ1) is 10.1. The number of amides is 2. The highest BCUT2D eigenvalue weighted by Crippen LogP contribution is 2.29. The monoisotopic (exact) mass is 315 g/mol. The third-order valence-electron chi connectivity index (χ3n) is 4.08. The number of aliphatic carboxylic acids is 1. The number of carboxylic acids is 1. The number of hydrogen-bond acceptors (Lipinski definition) is 4. The molecule has 21 heavy (non-hydrogen) atoms. The van der Waals surface area contributed by atoms with E-state index in [1.165, 1.54) is 12.8 Å². The molecule has 2 rings (SSSR count). The first-order valence-electron chi connectivity index (χ1n) is 7.59. The topological polar surface area (TPSA) is 72.9 Å². The molecule has 1 aliphatic heterocycles. The van der Waals surface area contributed by atoms with Crippen LogP contribution in [-0.4, -0.2) is 77.7 Å². The summed E-state index contributed by atoms with van der Waals surface area (Å²) >= 11 is 1.59. The Hall–Kier alpha value is -0.950. The SMILES string of the molecule is CSCC[C@H](NC(=O)N1CCN(CC2CC2)CC1)C(=O)O. The summed E-state index contributed by atoms with van der Waals surface area (Å²) in [5.41, 5.74) is 0. The number of carbonyl (C=O) groups excluding carboxylic acids is 1. The number of carbonyl (C=O) groups is 2. The maximum atomic E-state index is 12.1. The first-order valence-corrected chi connectivity index (χ1v) is 8.99. The summed E-state index contributed by atoms with van der Waals surface area (Å²) in [6.07, 6.45) is 5.08. The van der Waals surface area contributed by atoms with Gasteiger partial charge in [0.05, 0.1) is 0 Å². The zero-order valence-electron chi connectivity index (χ0n) is 12.6. The Labute approximate surface area is 130 Å². The van der Waals surface area contributed by atoms with Crippen LogP contribution in [0.5, 0.6) is 0 Å². The van der Waals surface area contributed by atoms with Crippen molar-refractivity contribution in [1.82, 2.24) is 15.1 Å². The van der Waals surface area contributed by atoms with Gasteiger partial charge in [0.2, 0.25) is 0 Å². The van der Waals surface area contributed by atoms with Crippen LogP contribution in [0.1, 0.15) is 19.3 Å². The fourth-order valence-corrected chi connectivity index (χ4v) is 3.00. The van der Waals surface area contributed by atoms with Crippen molar-refractivity contribution in [2.24, 2.45) is 5.92 Å². The summed E-state index contributed by atoms with van der Waals surface area (Å²) in [5, 5.41) is 11.8. The van der Waals surface area contributed by atoms with Gasteiger partial charge in [0.15, 0.2) is 0 Å². The normalized spacial score (nSPS) is 21.1. The number of carboxylic acid groups (broad SMARTS) is 1. The zero-order valence-corrected chi connectivity index (χ0v) is 13.4. The Balaban J connectivity index is 1.73. The summed E-state index contributed by atoms with van der Waals surface area (Å²) in [6.45, 7) is 4.32. The van der Waals surface area contributed by atoms with Gasteiger partial charge in [-0.25, -0.2) is 9.59 Å². The lowest BCUT2D eigenvalue weighted by atomic mass is 10.2. The van der Waals surface area contributed by atoms with Gasteiger partial charge in [0.25, 0.3) is 0 Å². The lowest BCUT2D eigenvalue weighted by molar-refractivity contribution is -0.139. The molecule has 2 fully saturated rings. The summed E-state index contributed by atoms with van der Waals surface area (Å²) in [4.78, 5) is 27.4. The molecular weight excluding hydrogens is 290 g/mol. The van der Waals surface area contributed by atoms with Crippen LogP contribution in [0.3, 0.4) is 0 Å². The summed E-state index contributed by atoms with van der Waals surface area (Å²) in [6, 6.07) is -1.02. The van der Waals surface area contributed by atoms with E-state index in [4.69, 9.17) is 5.11 Å². The minimum absolute atomic E-state index is 0.241. The smallest absolute Gasteiger partial charge is 0.326 e. The molecule has 120 valence electrons. The van der Waals surface area contributed by atoms with E-state index in [0.717, 1.165) is 31.3 Å². The van der Waals surface area contributed by atoms with Crippen molar-refractivity contribution < 1.29 is 14.7 Å². The van der Waals surface area contributed by atoms with E-state index >= 15 is 0 Å². The van der Waals surface area contributed by atoms with Crippen molar-refractivity contribution in [3.63, 3.8) is 0 Å². The van der Waals surface area contributed by atoms with Crippen LogP contribution in [0.2, 0.25) is 0 Å². The van der Waals surface area contributed by atoms with Crippen molar-refractivity contribution in [1.29, 1.82) is 0 Å². The second-order valence-electron chi connectivity index (χ2n) is 5.85. The molecule has 0 spiro atoms. The Morgan fingerprint density at radius 1 is 1.29 bits per heavy atom. The molecule has 0 aromatic heterocycles. The second kappa shape index (κ2) is 7.89. The van der Waals surface area contributed by atoms with Crippen molar-refractivity contribution in [2.45, 2.75) is 25.3 Å². The average Bonchev–Trinajstić information content (AvgIpc) is 3.27. The quantitative estimate of drug-likeness (QED) is 0.731. The summed E-state index contributed by atoms with van der Waals surface area (Å²) < 4.78 is 0. The molecule has 1 heterocycles. The largest absolute Gasteiger partial charge is 0.480 e. The van der Waals surface area contributed by atoms with Gasteiger partial charge in [0, 0.05) is 32.7 Å². The van der Waals surface area contributed by atoms with Gasteiger partial charge in [-0.1, -0.05) is 0 Å². The van der Waals surface area contributed by atoms with Gasteiger partial charge >= 0.3 is 12.0 Å². The molecule has 6 nitrogen and oxygen atoms in total. The first kappa shape index (κ1) is 16.4. The predicted octanol–water partition coefficient (Wildman–Crippen LogP) is 0.930. The van der Waals surface area contributed by atoms with E-state index in [1.54, 1.807) is 16.7 Å². The molecule has 1 atom stereocenters. The molecular formula is C14H25N3O3S. The summed E-state index contributed by atoms with van der Waals surface area (Å²) in [7, 11) is 0. The van der Waals surface area contributed by atoms with Crippen LogP contribution in [0.15, 0.2) is 0 Å². The third-order valence-corrected chi connectivity index (χ3v) is 4.72. The van der Waals surface area contributed by atoms with Gasteiger partial charge in [-0.3, -0.25) is 4.90 Å². The van der Waals surface area contributed by atoms with E-state index in [-0.39, 0.29) is 6.03 Å². The molecule has 0 unspecified atom stereocenters. The van der Waals surface area contributed by atoms with Gasteiger partial charge in [0.1, 0.15) is 6.04 Å². The van der Waals surface area contributed by atoms with Crippen LogP contribution in [0.25, 0.3) is 0 Å². The number of nitrogens with zero attached hydrogens (tertiary/aromatic N) is 2. The lowest BCUT2D eigenvalue weighted by Crippen LogP contribution is -2.54. The molecule has 7 heteroatoms. The van der Waals surface area contributed by atoms with E-state index in [1.807, 2.05) is 6.26 Å². The molecule has 1 saturated heterocycles. The van der Waals surface area contributed by atoms with Crippen LogP contribution in [-0.2, 0) is 4.79 Å². The second-order valence-corrected chi connectivity index (χ2v) is 6.84. The van der Waals surface area contributed by atoms with E-state index in [0.29, 0.717) is 19.5 Å². The number of hydrogen-bond donors (Lipinski definition) is 2. The van der Waals surface area contributed by atoms with E-state index < -0.39 is 12.0 Å². The van der Waals surface area contributed by atoms with Crippen molar-refractivity contribution in [2.75, 3.05) is 44.7 Å². The number of nitrogens with one attached hydrogen (secondary N) is 1. The van der Waals surface area contributed by atoms with Gasteiger partial charge < -0.3 is 15.3 Å². The van der Waals surface area contributed by atoms with Gasteiger partial charge in [-0.15, -0.1) is 0 Å². The molecule has 0 aromatic carbocycles. The van der Waals surface area contributed by atoms with E-state index in [2.05, 4.69) is 10.2 Å². The number of thioether (sulfide) groups is 1. The maximum Gasteiger partial charge on any atom is 0.326 e. The Bertz CT molecular complexity index is 368. The lowest BCUT2D eigenvalue weighted by Gasteiger charge is -2.35. The van der Waals surface area contributed by atoms with Gasteiger partial charge in [-0.05, 0) is 37.2 Å². The van der Waals surface area contributed by atoms with E-state index in [9.17, 15) is 9.59 Å². The van der Waals surface area contributed by atoms with Crippen molar-refractivity contribution in [3.05, 3.63) is 0 Å². The maximum absolute atomic E-state index is 12.1. The van der Waals surface area contributed by atoms with Crippen LogP contribution in [0, 0.1) is 5.92 Å². The summed E-state index contributed by atoms with van der Waals surface area (Å²) in [5.74, 6) is 0.643. The Morgan fingerprint density at radius 3 is 2.48 bits per heavy atom. The van der Waals surface area contributed by atoms with Crippen molar-refractivity contribution >= 4 is 23.8 Å². The fourth-order valence-electron chi connectivity index (χ4n) is 2.53. The molecule has 1 aliphatic carbocycles. The average molecular weight is 315 g/mol. The predicted molar refractivity (Wildman–Crippen MR) is 83.7 cm³/mol. The number of rotatable bonds is 7. The Morgan fingerprint density at radius 2 is 1.95 bits per heavy atom. The molecule has 2 N–H and O–H groups in total. The number of piperazine rings is 1. The molecule has 2 amide bonds. The highest BCUT2D eigenvalue weighted by Gasteiger charge is 2.29. The molecule has 2 aliphatic rings. The number of urea groups is 1. The standard InChI is InChI=1S/C14H25N3O3S/c1-21-9-4-12(13(18)19)15-14(20)17-7-5-16(6-8-17)10-11-2-3-11/h11-12H,2-10H2,1H3,(H,15,20)(H,18,19)/t12-/m0/s1. The molecule has 0 bridgehead atoms. The fraction of sp³-hybridized carbons (Fsp3) is 0.857. The zero-order chi connectivity index (χ0) is 15.2. The van der Waals surface area contributed by atoms with Crippen LogP contribution in [0.4, 0.5) is 4.79 Å². The molecule has 1 saturated carbocycles. The highest BCUT2D eigenvalue weighted by molar-refractivity contribution is 7.98. The minimum Gasteiger partial charge on any atom is -0.480 e. The minimum atomic E-state index is -0.954. The Kier molecular flexibility index (Phi) is 6.17. The van der Waals surface area contributed by atoms with Crippen molar-refractivity contribution in [3.8, 4) is 0 Å².